The van der Waals surface area contributed by atoms with Gasteiger partial charge in [-0.05, 0) is 31.9 Å². The molecule has 1 aliphatic carbocycles. The first kappa shape index (κ1) is 23.0. The van der Waals surface area contributed by atoms with Gasteiger partial charge in [0.1, 0.15) is 11.0 Å². The molecular formula is C23H20ClF3N4O2. The Hall–Kier alpha value is -3.20. The van der Waals surface area contributed by atoms with E-state index in [9.17, 15) is 18.0 Å². The third-order valence-corrected chi connectivity index (χ3v) is 5.99. The summed E-state index contributed by atoms with van der Waals surface area (Å²) in [5.41, 5.74) is -0.227. The number of pyridine rings is 1. The average molecular weight is 477 g/mol. The summed E-state index contributed by atoms with van der Waals surface area (Å²) < 4.78 is 45.4. The van der Waals surface area contributed by atoms with Gasteiger partial charge in [-0.3, -0.25) is 4.79 Å². The van der Waals surface area contributed by atoms with E-state index >= 15 is 0 Å². The number of nitrogens with one attached hydrogen (secondary N) is 1. The summed E-state index contributed by atoms with van der Waals surface area (Å²) in [5, 5.41) is 1.87. The first-order valence-electron chi connectivity index (χ1n) is 10.1. The van der Waals surface area contributed by atoms with Gasteiger partial charge < -0.3 is 10.1 Å². The molecule has 2 atom stereocenters. The van der Waals surface area contributed by atoms with Crippen molar-refractivity contribution in [2.75, 3.05) is 11.9 Å². The summed E-state index contributed by atoms with van der Waals surface area (Å²) in [6.45, 7) is 3.77. The normalized spacial score (nSPS) is 19.8. The fourth-order valence-corrected chi connectivity index (χ4v) is 4.06. The molecule has 0 bridgehead atoms. The number of halogens is 4. The van der Waals surface area contributed by atoms with E-state index in [1.807, 2.05) is 37.3 Å². The molecule has 6 nitrogen and oxygen atoms in total. The van der Waals surface area contributed by atoms with Crippen LogP contribution in [0.25, 0.3) is 0 Å². The van der Waals surface area contributed by atoms with Gasteiger partial charge in [0.25, 0.3) is 0 Å². The Morgan fingerprint density at radius 3 is 2.61 bits per heavy atom. The van der Waals surface area contributed by atoms with Gasteiger partial charge in [-0.2, -0.15) is 13.2 Å². The Labute approximate surface area is 193 Å². The van der Waals surface area contributed by atoms with Crippen LogP contribution in [0.4, 0.5) is 18.9 Å². The molecule has 0 radical (unpaired) electrons. The number of nitrogens with zero attached hydrogens (tertiary/aromatic N) is 3. The van der Waals surface area contributed by atoms with Crippen molar-refractivity contribution in [3.8, 4) is 5.75 Å². The van der Waals surface area contributed by atoms with Gasteiger partial charge in [0.15, 0.2) is 5.75 Å². The highest BCUT2D eigenvalue weighted by Gasteiger charge is 2.60. The number of anilines is 1. The molecule has 1 saturated carbocycles. The van der Waals surface area contributed by atoms with Crippen molar-refractivity contribution in [2.24, 2.45) is 5.92 Å². The molecule has 172 valence electrons. The highest BCUT2D eigenvalue weighted by atomic mass is 35.5. The van der Waals surface area contributed by atoms with Crippen molar-refractivity contribution in [2.45, 2.75) is 31.9 Å². The van der Waals surface area contributed by atoms with Crippen molar-refractivity contribution < 1.29 is 22.7 Å². The first-order valence-corrected chi connectivity index (χ1v) is 10.5. The minimum absolute atomic E-state index is 0.0747. The minimum Gasteiger partial charge on any atom is -0.489 e. The third-order valence-electron chi connectivity index (χ3n) is 5.69. The van der Waals surface area contributed by atoms with Gasteiger partial charge in [0.05, 0.1) is 41.9 Å². The molecule has 1 amide bonds. The van der Waals surface area contributed by atoms with Crippen LogP contribution in [0.15, 0.2) is 48.8 Å². The van der Waals surface area contributed by atoms with E-state index in [-0.39, 0.29) is 12.3 Å². The van der Waals surface area contributed by atoms with E-state index in [4.69, 9.17) is 16.3 Å². The van der Waals surface area contributed by atoms with Crippen LogP contribution in [-0.2, 0) is 16.4 Å². The number of alkyl halides is 3. The maximum atomic E-state index is 13.1. The molecule has 1 fully saturated rings. The topological polar surface area (TPSA) is 77.0 Å². The van der Waals surface area contributed by atoms with Crippen LogP contribution in [0.5, 0.6) is 5.75 Å². The molecule has 1 aromatic carbocycles. The summed E-state index contributed by atoms with van der Waals surface area (Å²) in [4.78, 5) is 25.0. The molecule has 0 aliphatic heterocycles. The van der Waals surface area contributed by atoms with E-state index in [2.05, 4.69) is 20.3 Å². The smallest absolute Gasteiger partial charge is 0.419 e. The average Bonchev–Trinajstić information content (AvgIpc) is 3.50. The monoisotopic (exact) mass is 476 g/mol. The number of carbonyl (C=O) groups excluding carboxylic acids is 1. The molecule has 0 unspecified atom stereocenters. The number of aryl methyl sites for hydroxylation is 2. The van der Waals surface area contributed by atoms with Crippen LogP contribution in [0.1, 0.15) is 29.1 Å². The van der Waals surface area contributed by atoms with Crippen LogP contribution >= 0.6 is 11.6 Å². The molecule has 33 heavy (non-hydrogen) atoms. The van der Waals surface area contributed by atoms with Gasteiger partial charge in [0, 0.05) is 5.41 Å². The van der Waals surface area contributed by atoms with Gasteiger partial charge in [-0.25, -0.2) is 15.0 Å². The van der Waals surface area contributed by atoms with Crippen molar-refractivity contribution >= 4 is 23.2 Å². The van der Waals surface area contributed by atoms with Crippen molar-refractivity contribution in [3.05, 3.63) is 76.6 Å². The zero-order valence-corrected chi connectivity index (χ0v) is 18.5. The second-order valence-electron chi connectivity index (χ2n) is 7.98. The Bertz CT molecular complexity index is 1190. The fourth-order valence-electron chi connectivity index (χ4n) is 3.85. The highest BCUT2D eigenvalue weighted by Crippen LogP contribution is 2.55. The summed E-state index contributed by atoms with van der Waals surface area (Å²) in [7, 11) is 0. The first-order chi connectivity index (χ1) is 15.6. The van der Waals surface area contributed by atoms with Crippen molar-refractivity contribution in [3.63, 3.8) is 0 Å². The number of rotatable bonds is 6. The van der Waals surface area contributed by atoms with Crippen LogP contribution in [0.2, 0.25) is 5.15 Å². The molecule has 1 aliphatic rings. The van der Waals surface area contributed by atoms with E-state index in [0.717, 1.165) is 17.8 Å². The molecule has 0 spiro atoms. The summed E-state index contributed by atoms with van der Waals surface area (Å²) in [6, 6.07) is 10.2. The van der Waals surface area contributed by atoms with E-state index in [1.54, 1.807) is 13.1 Å². The molecule has 4 rings (SSSR count). The van der Waals surface area contributed by atoms with Gasteiger partial charge in [-0.1, -0.05) is 41.9 Å². The maximum absolute atomic E-state index is 13.1. The van der Waals surface area contributed by atoms with Gasteiger partial charge >= 0.3 is 6.18 Å². The molecule has 0 saturated heterocycles. The second-order valence-corrected chi connectivity index (χ2v) is 8.34. The van der Waals surface area contributed by atoms with Crippen LogP contribution in [-0.4, -0.2) is 27.5 Å². The fraction of sp³-hybridized carbons (Fsp3) is 0.304. The zero-order chi connectivity index (χ0) is 23.8. The Balaban J connectivity index is 1.55. The minimum atomic E-state index is -4.68. The Kier molecular flexibility index (Phi) is 6.00. The van der Waals surface area contributed by atoms with E-state index in [1.165, 1.54) is 0 Å². The van der Waals surface area contributed by atoms with Crippen molar-refractivity contribution in [1.82, 2.24) is 15.0 Å². The molecule has 3 aromatic rings. The largest absolute Gasteiger partial charge is 0.489 e. The van der Waals surface area contributed by atoms with Crippen LogP contribution in [0.3, 0.4) is 0 Å². The maximum Gasteiger partial charge on any atom is 0.419 e. The van der Waals surface area contributed by atoms with Crippen molar-refractivity contribution in [1.29, 1.82) is 0 Å². The lowest BCUT2D eigenvalue weighted by Crippen LogP contribution is -2.27. The number of amides is 1. The molecular weight excluding hydrogens is 457 g/mol. The highest BCUT2D eigenvalue weighted by molar-refractivity contribution is 6.30. The number of ether oxygens (including phenoxy) is 1. The van der Waals surface area contributed by atoms with Crippen LogP contribution in [0, 0.1) is 19.8 Å². The van der Waals surface area contributed by atoms with Gasteiger partial charge in [-0.15, -0.1) is 0 Å². The predicted molar refractivity (Wildman–Crippen MR) is 116 cm³/mol. The Morgan fingerprint density at radius 1 is 1.21 bits per heavy atom. The predicted octanol–water partition coefficient (Wildman–Crippen LogP) is 5.14. The van der Waals surface area contributed by atoms with E-state index < -0.39 is 34.1 Å². The third kappa shape index (κ3) is 4.78. The lowest BCUT2D eigenvalue weighted by Gasteiger charge is -2.20. The quantitative estimate of drug-likeness (QED) is 0.499. The van der Waals surface area contributed by atoms with Crippen LogP contribution < -0.4 is 10.1 Å². The van der Waals surface area contributed by atoms with E-state index in [0.29, 0.717) is 23.7 Å². The second kappa shape index (κ2) is 8.62. The zero-order valence-electron chi connectivity index (χ0n) is 17.8. The number of carbonyl (C=O) groups is 1. The number of hydrogen-bond donors (Lipinski definition) is 1. The number of hydrogen-bond acceptors (Lipinski definition) is 5. The molecule has 1 N–H and O–H groups in total. The lowest BCUT2D eigenvalue weighted by molar-refractivity contribution is -0.137. The summed E-state index contributed by atoms with van der Waals surface area (Å²) >= 11 is 5.57. The standard InChI is InChI=1S/C23H20ClF3N4O2/c1-13-19(11-28-14(2)30-13)33-12-22(15-6-4-3-5-7-15)9-18(22)21(32)31-16-8-17(23(25,26)27)20(24)29-10-16/h3-8,10-11,18H,9,12H2,1-2H3,(H,31,32)/t18-,22+/m0/s1. The SMILES string of the molecule is Cc1ncc(OC[C@@]2(c3ccccc3)C[C@H]2C(=O)Nc2cnc(Cl)c(C(F)(F)F)c2)c(C)n1. The Morgan fingerprint density at radius 2 is 1.94 bits per heavy atom. The number of aromatic nitrogens is 3. The molecule has 2 aromatic heterocycles. The summed E-state index contributed by atoms with van der Waals surface area (Å²) in [6.07, 6.45) is -1.51. The molecule has 2 heterocycles. The summed E-state index contributed by atoms with van der Waals surface area (Å²) in [5.74, 6) is 0.211. The lowest BCUT2D eigenvalue weighted by atomic mass is 9.93. The molecule has 10 heteroatoms. The number of benzene rings is 1. The van der Waals surface area contributed by atoms with Gasteiger partial charge in [0.2, 0.25) is 5.91 Å².